The van der Waals surface area contributed by atoms with Gasteiger partial charge in [-0.1, -0.05) is 37.6 Å². The van der Waals surface area contributed by atoms with Crippen molar-refractivity contribution >= 4 is 17.4 Å². The molecule has 1 unspecified atom stereocenters. The van der Waals surface area contributed by atoms with Crippen LogP contribution in [0.1, 0.15) is 52.0 Å². The zero-order chi connectivity index (χ0) is 16.8. The lowest BCUT2D eigenvalue weighted by Gasteiger charge is -2.45. The summed E-state index contributed by atoms with van der Waals surface area (Å²) in [4.78, 5) is 11.0. The minimum absolute atomic E-state index is 0.0700. The Morgan fingerprint density at radius 3 is 2.70 bits per heavy atom. The summed E-state index contributed by atoms with van der Waals surface area (Å²) in [5.74, 6) is -0.706. The summed E-state index contributed by atoms with van der Waals surface area (Å²) in [6.07, 6.45) is 5.20. The third kappa shape index (κ3) is 2.25. The molecule has 0 radical (unpaired) electrons. The van der Waals surface area contributed by atoms with Crippen molar-refractivity contribution in [3.8, 4) is 0 Å². The van der Waals surface area contributed by atoms with E-state index in [0.29, 0.717) is 6.42 Å². The average molecular weight is 312 g/mol. The fourth-order valence-corrected chi connectivity index (χ4v) is 4.85. The zero-order valence-corrected chi connectivity index (χ0v) is 14.5. The second-order valence-electron chi connectivity index (χ2n) is 7.67. The Hall–Kier alpha value is -1.90. The van der Waals surface area contributed by atoms with Gasteiger partial charge in [0.25, 0.3) is 0 Å². The van der Waals surface area contributed by atoms with Crippen molar-refractivity contribution in [1.82, 2.24) is 0 Å². The number of carboxylic acid groups (broad SMARTS) is 1. The molecule has 1 N–H and O–H groups in total. The highest BCUT2D eigenvalue weighted by atomic mass is 16.4. The number of carboxylic acids is 1. The van der Waals surface area contributed by atoms with Gasteiger partial charge in [0.1, 0.15) is 7.05 Å². The van der Waals surface area contributed by atoms with E-state index in [0.717, 1.165) is 12.8 Å². The molecule has 0 saturated carbocycles. The molecule has 0 saturated heterocycles. The number of carbonyl (C=O) groups is 1. The van der Waals surface area contributed by atoms with Gasteiger partial charge in [-0.3, -0.25) is 4.79 Å². The highest BCUT2D eigenvalue weighted by Crippen LogP contribution is 2.57. The minimum Gasteiger partial charge on any atom is -0.481 e. The number of rotatable bonds is 4. The lowest BCUT2D eigenvalue weighted by Crippen LogP contribution is -2.49. The van der Waals surface area contributed by atoms with E-state index in [9.17, 15) is 4.79 Å². The quantitative estimate of drug-likeness (QED) is 0.843. The molecule has 3 nitrogen and oxygen atoms in total. The van der Waals surface area contributed by atoms with Crippen LogP contribution in [0.25, 0.3) is 0 Å². The Morgan fingerprint density at radius 2 is 2.00 bits per heavy atom. The van der Waals surface area contributed by atoms with Crippen LogP contribution in [0.4, 0.5) is 5.69 Å². The molecule has 0 bridgehead atoms. The SMILES string of the molecule is CC1=CC2=[N+](C)c3ccccc3C2(CCCC(=O)O)C(C)(C)C1. The van der Waals surface area contributed by atoms with Crippen LogP contribution >= 0.6 is 0 Å². The number of benzene rings is 1. The van der Waals surface area contributed by atoms with Gasteiger partial charge in [-0.2, -0.15) is 4.58 Å². The lowest BCUT2D eigenvalue weighted by atomic mass is 9.53. The van der Waals surface area contributed by atoms with Gasteiger partial charge in [-0.15, -0.1) is 0 Å². The van der Waals surface area contributed by atoms with Crippen LogP contribution in [-0.2, 0) is 10.2 Å². The summed E-state index contributed by atoms with van der Waals surface area (Å²) in [6, 6.07) is 8.60. The highest BCUT2D eigenvalue weighted by molar-refractivity contribution is 6.05. The van der Waals surface area contributed by atoms with Crippen molar-refractivity contribution in [3.05, 3.63) is 41.5 Å². The molecule has 23 heavy (non-hydrogen) atoms. The van der Waals surface area contributed by atoms with E-state index in [4.69, 9.17) is 5.11 Å². The van der Waals surface area contributed by atoms with Crippen LogP contribution in [0, 0.1) is 5.41 Å². The summed E-state index contributed by atoms with van der Waals surface area (Å²) in [5.41, 5.74) is 5.33. The first-order chi connectivity index (χ1) is 10.8. The van der Waals surface area contributed by atoms with E-state index in [1.54, 1.807) is 0 Å². The first-order valence-corrected chi connectivity index (χ1v) is 8.39. The van der Waals surface area contributed by atoms with Gasteiger partial charge in [0.15, 0.2) is 5.71 Å². The lowest BCUT2D eigenvalue weighted by molar-refractivity contribution is -0.402. The second kappa shape index (κ2) is 5.33. The highest BCUT2D eigenvalue weighted by Gasteiger charge is 2.59. The second-order valence-corrected chi connectivity index (χ2v) is 7.67. The molecular formula is C20H26NO2+. The molecule has 1 aromatic carbocycles. The standard InChI is InChI=1S/C20H25NO2/c1-14-12-17-20(19(2,3)13-14,11-7-10-18(22)23)15-8-5-6-9-16(15)21(17)4/h5-6,8-9,12H,7,10-11,13H2,1-4H3/p+1. The molecule has 1 aromatic rings. The Morgan fingerprint density at radius 1 is 1.30 bits per heavy atom. The zero-order valence-electron chi connectivity index (χ0n) is 14.5. The van der Waals surface area contributed by atoms with Crippen molar-refractivity contribution in [2.24, 2.45) is 5.41 Å². The van der Waals surface area contributed by atoms with Crippen molar-refractivity contribution in [1.29, 1.82) is 0 Å². The van der Waals surface area contributed by atoms with Gasteiger partial charge in [0.05, 0.1) is 5.41 Å². The molecule has 3 rings (SSSR count). The number of para-hydroxylation sites is 1. The summed E-state index contributed by atoms with van der Waals surface area (Å²) in [6.45, 7) is 6.87. The first-order valence-electron chi connectivity index (χ1n) is 8.39. The third-order valence-electron chi connectivity index (χ3n) is 5.73. The van der Waals surface area contributed by atoms with Crippen molar-refractivity contribution in [2.45, 2.75) is 51.9 Å². The smallest absolute Gasteiger partial charge is 0.303 e. The van der Waals surface area contributed by atoms with Crippen molar-refractivity contribution in [2.75, 3.05) is 7.05 Å². The van der Waals surface area contributed by atoms with Gasteiger partial charge >= 0.3 is 5.97 Å². The molecule has 0 aromatic heterocycles. The Labute approximate surface area is 138 Å². The van der Waals surface area contributed by atoms with Crippen LogP contribution in [0.5, 0.6) is 0 Å². The molecule has 1 aliphatic carbocycles. The first kappa shape index (κ1) is 16.0. The van der Waals surface area contributed by atoms with Gasteiger partial charge in [0, 0.05) is 24.1 Å². The van der Waals surface area contributed by atoms with Crippen LogP contribution in [0.15, 0.2) is 35.9 Å². The fraction of sp³-hybridized carbons (Fsp3) is 0.500. The van der Waals surface area contributed by atoms with E-state index < -0.39 is 5.97 Å². The maximum absolute atomic E-state index is 11.0. The monoisotopic (exact) mass is 312 g/mol. The Kier molecular flexibility index (Phi) is 3.70. The van der Waals surface area contributed by atoms with E-state index in [1.807, 2.05) is 0 Å². The minimum atomic E-state index is -0.706. The maximum Gasteiger partial charge on any atom is 0.303 e. The molecule has 2 aliphatic rings. The van der Waals surface area contributed by atoms with E-state index in [2.05, 4.69) is 62.7 Å². The summed E-state index contributed by atoms with van der Waals surface area (Å²) >= 11 is 0. The normalized spacial score (nSPS) is 25.0. The molecule has 1 aliphatic heterocycles. The van der Waals surface area contributed by atoms with Gasteiger partial charge in [0.2, 0.25) is 5.69 Å². The van der Waals surface area contributed by atoms with Crippen LogP contribution < -0.4 is 0 Å². The van der Waals surface area contributed by atoms with Crippen molar-refractivity contribution < 1.29 is 14.5 Å². The number of hydrogen-bond acceptors (Lipinski definition) is 1. The van der Waals surface area contributed by atoms with Crippen LogP contribution in [0.2, 0.25) is 0 Å². The van der Waals surface area contributed by atoms with Crippen LogP contribution in [0.3, 0.4) is 0 Å². The predicted octanol–water partition coefficient (Wildman–Crippen LogP) is 4.28. The predicted molar refractivity (Wildman–Crippen MR) is 92.6 cm³/mol. The van der Waals surface area contributed by atoms with E-state index >= 15 is 0 Å². The van der Waals surface area contributed by atoms with Crippen molar-refractivity contribution in [3.63, 3.8) is 0 Å². The molecule has 3 heteroatoms. The molecule has 1 heterocycles. The van der Waals surface area contributed by atoms with Gasteiger partial charge < -0.3 is 5.11 Å². The number of allylic oxidation sites excluding steroid dienone is 2. The summed E-state index contributed by atoms with van der Waals surface area (Å²) in [7, 11) is 2.14. The summed E-state index contributed by atoms with van der Waals surface area (Å²) < 4.78 is 2.31. The average Bonchev–Trinajstić information content (AvgIpc) is 2.70. The van der Waals surface area contributed by atoms with E-state index in [1.165, 1.54) is 22.5 Å². The third-order valence-corrected chi connectivity index (χ3v) is 5.73. The Balaban J connectivity index is 2.18. The van der Waals surface area contributed by atoms with Gasteiger partial charge in [-0.05, 0) is 31.6 Å². The number of aliphatic carboxylic acids is 1. The van der Waals surface area contributed by atoms with Gasteiger partial charge in [-0.25, -0.2) is 0 Å². The largest absolute Gasteiger partial charge is 0.481 e. The topological polar surface area (TPSA) is 40.3 Å². The number of hydrogen-bond donors (Lipinski definition) is 1. The molecule has 122 valence electrons. The maximum atomic E-state index is 11.0. The fourth-order valence-electron chi connectivity index (χ4n) is 4.85. The molecule has 0 fully saturated rings. The molecule has 0 spiro atoms. The molecule has 0 amide bonds. The Bertz CT molecular complexity index is 727. The van der Waals surface area contributed by atoms with Crippen LogP contribution in [-0.4, -0.2) is 28.4 Å². The molecule has 1 atom stereocenters. The van der Waals surface area contributed by atoms with E-state index in [-0.39, 0.29) is 17.3 Å². The number of nitrogens with zero attached hydrogens (tertiary/aromatic N) is 1. The number of fused-ring (bicyclic) bond motifs is 3. The summed E-state index contributed by atoms with van der Waals surface area (Å²) in [5, 5.41) is 9.07. The molecular weight excluding hydrogens is 286 g/mol.